The van der Waals surface area contributed by atoms with Crippen LogP contribution in [0.4, 0.5) is 0 Å². The SMILES string of the molecule is CC(C)NCCN(C)CCc1ccncc1. The molecule has 0 bridgehead atoms. The van der Waals surface area contributed by atoms with E-state index in [0.29, 0.717) is 6.04 Å². The van der Waals surface area contributed by atoms with Crippen LogP contribution in [-0.4, -0.2) is 42.6 Å². The highest BCUT2D eigenvalue weighted by Crippen LogP contribution is 1.98. The van der Waals surface area contributed by atoms with Gasteiger partial charge in [0.15, 0.2) is 0 Å². The molecular formula is C13H23N3. The lowest BCUT2D eigenvalue weighted by atomic mass is 10.2. The summed E-state index contributed by atoms with van der Waals surface area (Å²) in [4.78, 5) is 6.37. The molecule has 0 fully saturated rings. The van der Waals surface area contributed by atoms with Gasteiger partial charge in [-0.1, -0.05) is 13.8 Å². The predicted molar refractivity (Wildman–Crippen MR) is 68.6 cm³/mol. The van der Waals surface area contributed by atoms with Gasteiger partial charge in [-0.15, -0.1) is 0 Å². The molecule has 1 aromatic heterocycles. The van der Waals surface area contributed by atoms with E-state index in [4.69, 9.17) is 0 Å². The first kappa shape index (κ1) is 13.1. The highest BCUT2D eigenvalue weighted by molar-refractivity contribution is 5.09. The fraction of sp³-hybridized carbons (Fsp3) is 0.615. The molecule has 0 amide bonds. The standard InChI is InChI=1S/C13H23N3/c1-12(2)15-9-11-16(3)10-6-13-4-7-14-8-5-13/h4-5,7-8,12,15H,6,9-11H2,1-3H3. The fourth-order valence-corrected chi connectivity index (χ4v) is 1.53. The van der Waals surface area contributed by atoms with Crippen LogP contribution in [-0.2, 0) is 6.42 Å². The Bertz CT molecular complexity index is 272. The number of rotatable bonds is 7. The van der Waals surface area contributed by atoms with Crippen LogP contribution >= 0.6 is 0 Å². The average Bonchev–Trinajstić information content (AvgIpc) is 2.27. The minimum absolute atomic E-state index is 0.577. The molecule has 0 unspecified atom stereocenters. The number of likely N-dealkylation sites (N-methyl/N-ethyl adjacent to an activating group) is 1. The number of nitrogens with one attached hydrogen (secondary N) is 1. The topological polar surface area (TPSA) is 28.2 Å². The molecular weight excluding hydrogens is 198 g/mol. The van der Waals surface area contributed by atoms with E-state index in [1.807, 2.05) is 12.4 Å². The van der Waals surface area contributed by atoms with Crippen LogP contribution < -0.4 is 5.32 Å². The van der Waals surface area contributed by atoms with Crippen LogP contribution in [0.5, 0.6) is 0 Å². The lowest BCUT2D eigenvalue weighted by Gasteiger charge is -2.17. The average molecular weight is 221 g/mol. The Morgan fingerprint density at radius 3 is 2.56 bits per heavy atom. The zero-order valence-corrected chi connectivity index (χ0v) is 10.6. The maximum absolute atomic E-state index is 4.02. The maximum atomic E-state index is 4.02. The van der Waals surface area contributed by atoms with Gasteiger partial charge in [-0.2, -0.15) is 0 Å². The molecule has 3 heteroatoms. The molecule has 0 radical (unpaired) electrons. The molecule has 3 nitrogen and oxygen atoms in total. The molecule has 0 aliphatic heterocycles. The molecule has 90 valence electrons. The fourth-order valence-electron chi connectivity index (χ4n) is 1.53. The Kier molecular flexibility index (Phi) is 6.04. The van der Waals surface area contributed by atoms with Crippen molar-refractivity contribution in [2.75, 3.05) is 26.7 Å². The van der Waals surface area contributed by atoms with Crippen LogP contribution in [0.1, 0.15) is 19.4 Å². The van der Waals surface area contributed by atoms with Crippen molar-refractivity contribution >= 4 is 0 Å². The Morgan fingerprint density at radius 2 is 1.94 bits per heavy atom. The van der Waals surface area contributed by atoms with Crippen molar-refractivity contribution in [3.8, 4) is 0 Å². The number of hydrogen-bond donors (Lipinski definition) is 1. The van der Waals surface area contributed by atoms with Gasteiger partial charge in [-0.05, 0) is 31.2 Å². The van der Waals surface area contributed by atoms with Gasteiger partial charge in [0, 0.05) is 38.1 Å². The van der Waals surface area contributed by atoms with Crippen LogP contribution in [0.25, 0.3) is 0 Å². The number of nitrogens with zero attached hydrogens (tertiary/aromatic N) is 2. The van der Waals surface area contributed by atoms with E-state index in [2.05, 4.69) is 48.2 Å². The van der Waals surface area contributed by atoms with Crippen molar-refractivity contribution in [1.29, 1.82) is 0 Å². The monoisotopic (exact) mass is 221 g/mol. The zero-order valence-electron chi connectivity index (χ0n) is 10.6. The molecule has 1 heterocycles. The van der Waals surface area contributed by atoms with E-state index in [1.54, 1.807) is 0 Å². The Morgan fingerprint density at radius 1 is 1.25 bits per heavy atom. The minimum Gasteiger partial charge on any atom is -0.313 e. The smallest absolute Gasteiger partial charge is 0.0270 e. The van der Waals surface area contributed by atoms with E-state index >= 15 is 0 Å². The Labute approximate surface area is 98.9 Å². The molecule has 0 aliphatic carbocycles. The van der Waals surface area contributed by atoms with Gasteiger partial charge < -0.3 is 10.2 Å². The second-order valence-corrected chi connectivity index (χ2v) is 4.52. The first-order valence-corrected chi connectivity index (χ1v) is 5.99. The minimum atomic E-state index is 0.577. The largest absolute Gasteiger partial charge is 0.313 e. The summed E-state index contributed by atoms with van der Waals surface area (Å²) in [5, 5.41) is 3.42. The first-order chi connectivity index (χ1) is 7.68. The van der Waals surface area contributed by atoms with Crippen LogP contribution in [0.2, 0.25) is 0 Å². The molecule has 0 aromatic carbocycles. The molecule has 16 heavy (non-hydrogen) atoms. The molecule has 0 saturated carbocycles. The quantitative estimate of drug-likeness (QED) is 0.757. The Balaban J connectivity index is 2.13. The second-order valence-electron chi connectivity index (χ2n) is 4.52. The summed E-state index contributed by atoms with van der Waals surface area (Å²) >= 11 is 0. The van der Waals surface area contributed by atoms with Gasteiger partial charge in [0.05, 0.1) is 0 Å². The van der Waals surface area contributed by atoms with Crippen molar-refractivity contribution < 1.29 is 0 Å². The number of hydrogen-bond acceptors (Lipinski definition) is 3. The third kappa shape index (κ3) is 5.83. The van der Waals surface area contributed by atoms with Crippen molar-refractivity contribution in [3.05, 3.63) is 30.1 Å². The lowest BCUT2D eigenvalue weighted by Crippen LogP contribution is -2.33. The van der Waals surface area contributed by atoms with Gasteiger partial charge in [-0.25, -0.2) is 0 Å². The highest BCUT2D eigenvalue weighted by atomic mass is 15.1. The van der Waals surface area contributed by atoms with Crippen molar-refractivity contribution in [2.24, 2.45) is 0 Å². The highest BCUT2D eigenvalue weighted by Gasteiger charge is 1.99. The maximum Gasteiger partial charge on any atom is 0.0270 e. The van der Waals surface area contributed by atoms with Crippen molar-refractivity contribution in [2.45, 2.75) is 26.3 Å². The first-order valence-electron chi connectivity index (χ1n) is 5.99. The summed E-state index contributed by atoms with van der Waals surface area (Å²) in [5.41, 5.74) is 1.36. The molecule has 0 atom stereocenters. The van der Waals surface area contributed by atoms with Crippen molar-refractivity contribution in [1.82, 2.24) is 15.2 Å². The van der Waals surface area contributed by atoms with E-state index in [0.717, 1.165) is 26.1 Å². The summed E-state index contributed by atoms with van der Waals surface area (Å²) < 4.78 is 0. The van der Waals surface area contributed by atoms with Gasteiger partial charge in [-0.3, -0.25) is 4.98 Å². The summed E-state index contributed by atoms with van der Waals surface area (Å²) in [6.07, 6.45) is 4.81. The molecule has 1 aromatic rings. The second kappa shape index (κ2) is 7.36. The summed E-state index contributed by atoms with van der Waals surface area (Å²) in [6, 6.07) is 4.74. The van der Waals surface area contributed by atoms with Crippen LogP contribution in [0, 0.1) is 0 Å². The molecule has 0 saturated heterocycles. The summed E-state index contributed by atoms with van der Waals surface area (Å²) in [7, 11) is 2.17. The number of pyridine rings is 1. The third-order valence-electron chi connectivity index (χ3n) is 2.58. The van der Waals surface area contributed by atoms with E-state index in [1.165, 1.54) is 5.56 Å². The van der Waals surface area contributed by atoms with Gasteiger partial charge in [0.25, 0.3) is 0 Å². The normalized spacial score (nSPS) is 11.3. The van der Waals surface area contributed by atoms with E-state index in [-0.39, 0.29) is 0 Å². The molecule has 0 aliphatic rings. The third-order valence-corrected chi connectivity index (χ3v) is 2.58. The Hall–Kier alpha value is -0.930. The predicted octanol–water partition coefficient (Wildman–Crippen LogP) is 1.55. The summed E-state index contributed by atoms with van der Waals surface area (Å²) in [5.74, 6) is 0. The van der Waals surface area contributed by atoms with Gasteiger partial charge >= 0.3 is 0 Å². The van der Waals surface area contributed by atoms with Gasteiger partial charge in [0.2, 0.25) is 0 Å². The van der Waals surface area contributed by atoms with E-state index in [9.17, 15) is 0 Å². The van der Waals surface area contributed by atoms with Crippen LogP contribution in [0.3, 0.4) is 0 Å². The van der Waals surface area contributed by atoms with Crippen molar-refractivity contribution in [3.63, 3.8) is 0 Å². The lowest BCUT2D eigenvalue weighted by molar-refractivity contribution is 0.331. The van der Waals surface area contributed by atoms with Gasteiger partial charge in [0.1, 0.15) is 0 Å². The summed E-state index contributed by atoms with van der Waals surface area (Å²) in [6.45, 7) is 7.62. The zero-order chi connectivity index (χ0) is 11.8. The molecule has 1 N–H and O–H groups in total. The number of aromatic nitrogens is 1. The van der Waals surface area contributed by atoms with Crippen LogP contribution in [0.15, 0.2) is 24.5 Å². The molecule has 0 spiro atoms. The van der Waals surface area contributed by atoms with E-state index < -0.39 is 0 Å². The molecule has 1 rings (SSSR count).